The van der Waals surface area contributed by atoms with Crippen LogP contribution in [0.25, 0.3) is 0 Å². The van der Waals surface area contributed by atoms with Gasteiger partial charge >= 0.3 is 5.97 Å². The molecule has 1 heterocycles. The lowest BCUT2D eigenvalue weighted by molar-refractivity contribution is 0.0512. The highest BCUT2D eigenvalue weighted by Gasteiger charge is 2.25. The number of nitrogens with two attached hydrogens (primary N) is 1. The summed E-state index contributed by atoms with van der Waals surface area (Å²) in [5.74, 6) is -0.871. The minimum atomic E-state index is -2.86. The molecule has 0 aliphatic heterocycles. The van der Waals surface area contributed by atoms with Gasteiger partial charge in [-0.15, -0.1) is 0 Å². The Morgan fingerprint density at radius 3 is 2.81 bits per heavy atom. The lowest BCUT2D eigenvalue weighted by Gasteiger charge is -2.10. The molecular weight excluding hydrogens is 286 g/mol. The van der Waals surface area contributed by atoms with E-state index in [4.69, 9.17) is 5.73 Å². The maximum Gasteiger partial charge on any atom is 0.341 e. The van der Waals surface area contributed by atoms with E-state index in [-0.39, 0.29) is 22.3 Å². The number of nitrogen functional groups attached to an aromatic ring is 1. The van der Waals surface area contributed by atoms with Crippen LogP contribution in [0.1, 0.15) is 29.4 Å². The zero-order chi connectivity index (χ0) is 12.3. The van der Waals surface area contributed by atoms with Crippen molar-refractivity contribution in [1.82, 2.24) is 4.98 Å². The molecule has 0 saturated carbocycles. The van der Waals surface area contributed by atoms with Crippen LogP contribution in [0.2, 0.25) is 0 Å². The molecule has 0 amide bonds. The number of carbonyl (C=O) groups excluding carboxylic acids is 1. The van der Waals surface area contributed by atoms with Crippen LogP contribution in [0, 0.1) is 0 Å². The van der Waals surface area contributed by atoms with Gasteiger partial charge in [0.25, 0.3) is 6.43 Å². The minimum Gasteiger partial charge on any atom is -0.462 e. The summed E-state index contributed by atoms with van der Waals surface area (Å²) in [5, 5.41) is 0. The van der Waals surface area contributed by atoms with Gasteiger partial charge in [0.05, 0.1) is 23.0 Å². The Kier molecular flexibility index (Phi) is 4.17. The summed E-state index contributed by atoms with van der Waals surface area (Å²) >= 11 is 2.97. The first-order valence-corrected chi connectivity index (χ1v) is 5.17. The van der Waals surface area contributed by atoms with Gasteiger partial charge in [-0.05, 0) is 22.9 Å². The monoisotopic (exact) mass is 294 g/mol. The van der Waals surface area contributed by atoms with E-state index in [9.17, 15) is 13.6 Å². The molecule has 0 saturated heterocycles. The Bertz CT molecular complexity index is 413. The number of esters is 1. The number of ether oxygens (including phenoxy) is 1. The first-order valence-electron chi connectivity index (χ1n) is 4.38. The van der Waals surface area contributed by atoms with Crippen LogP contribution >= 0.6 is 15.9 Å². The number of rotatable bonds is 3. The molecule has 1 rings (SSSR count). The third-order valence-corrected chi connectivity index (χ3v) is 2.61. The fraction of sp³-hybridized carbons (Fsp3) is 0.333. The van der Waals surface area contributed by atoms with Crippen LogP contribution in [0.4, 0.5) is 14.5 Å². The van der Waals surface area contributed by atoms with Crippen LogP contribution in [-0.4, -0.2) is 17.6 Å². The van der Waals surface area contributed by atoms with E-state index in [1.807, 2.05) is 0 Å². The summed E-state index contributed by atoms with van der Waals surface area (Å²) in [6.45, 7) is 1.66. The summed E-state index contributed by atoms with van der Waals surface area (Å²) in [6.07, 6.45) is -1.80. The summed E-state index contributed by atoms with van der Waals surface area (Å²) in [5.41, 5.74) is 4.60. The van der Waals surface area contributed by atoms with Crippen LogP contribution in [0.15, 0.2) is 10.7 Å². The van der Waals surface area contributed by atoms with E-state index in [0.717, 1.165) is 6.20 Å². The van der Waals surface area contributed by atoms with Crippen molar-refractivity contribution in [2.45, 2.75) is 13.3 Å². The number of anilines is 1. The average molecular weight is 295 g/mol. The van der Waals surface area contributed by atoms with Gasteiger partial charge in [-0.2, -0.15) is 0 Å². The van der Waals surface area contributed by atoms with Crippen LogP contribution < -0.4 is 5.73 Å². The summed E-state index contributed by atoms with van der Waals surface area (Å²) in [7, 11) is 0. The number of hydrogen-bond acceptors (Lipinski definition) is 4. The molecule has 0 aromatic carbocycles. The minimum absolute atomic E-state index is 0.0799. The zero-order valence-electron chi connectivity index (χ0n) is 8.34. The molecule has 0 spiro atoms. The van der Waals surface area contributed by atoms with Gasteiger partial charge < -0.3 is 10.5 Å². The van der Waals surface area contributed by atoms with Gasteiger partial charge in [-0.25, -0.2) is 13.6 Å². The van der Waals surface area contributed by atoms with Crippen molar-refractivity contribution in [1.29, 1.82) is 0 Å². The summed E-state index contributed by atoms with van der Waals surface area (Å²) in [4.78, 5) is 14.9. The topological polar surface area (TPSA) is 65.2 Å². The van der Waals surface area contributed by atoms with Crippen LogP contribution in [0.5, 0.6) is 0 Å². The third kappa shape index (κ3) is 2.46. The number of hydrogen-bond donors (Lipinski definition) is 1. The second-order valence-corrected chi connectivity index (χ2v) is 3.60. The van der Waals surface area contributed by atoms with E-state index in [0.29, 0.717) is 0 Å². The van der Waals surface area contributed by atoms with Crippen molar-refractivity contribution in [2.75, 3.05) is 12.3 Å². The first-order chi connectivity index (χ1) is 7.49. The summed E-state index contributed by atoms with van der Waals surface area (Å²) < 4.78 is 30.0. The molecule has 16 heavy (non-hydrogen) atoms. The number of pyridine rings is 1. The molecule has 2 N–H and O–H groups in total. The Hall–Kier alpha value is -1.24. The molecule has 0 atom stereocenters. The van der Waals surface area contributed by atoms with E-state index >= 15 is 0 Å². The molecule has 0 aliphatic rings. The molecule has 88 valence electrons. The van der Waals surface area contributed by atoms with E-state index in [1.54, 1.807) is 6.92 Å². The van der Waals surface area contributed by atoms with Gasteiger partial charge in [0.15, 0.2) is 0 Å². The maximum absolute atomic E-state index is 12.6. The zero-order valence-corrected chi connectivity index (χ0v) is 9.92. The molecule has 1 aromatic rings. The van der Waals surface area contributed by atoms with Crippen molar-refractivity contribution >= 4 is 27.6 Å². The quantitative estimate of drug-likeness (QED) is 0.870. The first kappa shape index (κ1) is 12.8. The third-order valence-electron chi connectivity index (χ3n) is 1.76. The molecule has 0 fully saturated rings. The second kappa shape index (κ2) is 5.20. The van der Waals surface area contributed by atoms with Crippen molar-refractivity contribution in [3.05, 3.63) is 21.9 Å². The van der Waals surface area contributed by atoms with Crippen LogP contribution in [0.3, 0.4) is 0 Å². The van der Waals surface area contributed by atoms with Gasteiger partial charge in [0.2, 0.25) is 0 Å². The number of alkyl halides is 2. The molecule has 1 aromatic heterocycles. The maximum atomic E-state index is 12.6. The SMILES string of the molecule is CCOC(=O)c1c(C(F)F)ncc(N)c1Br. The number of carbonyl (C=O) groups is 1. The van der Waals surface area contributed by atoms with Gasteiger partial charge in [0.1, 0.15) is 11.3 Å². The van der Waals surface area contributed by atoms with Gasteiger partial charge in [-0.3, -0.25) is 4.98 Å². The van der Waals surface area contributed by atoms with Crippen molar-refractivity contribution in [2.24, 2.45) is 0 Å². The lowest BCUT2D eigenvalue weighted by atomic mass is 10.2. The van der Waals surface area contributed by atoms with Gasteiger partial charge in [0, 0.05) is 0 Å². The van der Waals surface area contributed by atoms with Crippen molar-refractivity contribution < 1.29 is 18.3 Å². The van der Waals surface area contributed by atoms with E-state index < -0.39 is 18.1 Å². The van der Waals surface area contributed by atoms with Crippen LogP contribution in [-0.2, 0) is 4.74 Å². The molecule has 0 aliphatic carbocycles. The highest BCUT2D eigenvalue weighted by molar-refractivity contribution is 9.10. The standard InChI is InChI=1S/C9H9BrF2N2O2/c1-2-16-9(15)5-6(10)4(13)3-14-7(5)8(11)12/h3,8H,2,13H2,1H3. The largest absolute Gasteiger partial charge is 0.462 e. The molecule has 4 nitrogen and oxygen atoms in total. The highest BCUT2D eigenvalue weighted by atomic mass is 79.9. The van der Waals surface area contributed by atoms with Gasteiger partial charge in [-0.1, -0.05) is 0 Å². The Balaban J connectivity index is 3.31. The molecule has 0 bridgehead atoms. The van der Waals surface area contributed by atoms with E-state index in [2.05, 4.69) is 25.7 Å². The highest BCUT2D eigenvalue weighted by Crippen LogP contribution is 2.31. The number of nitrogens with zero attached hydrogens (tertiary/aromatic N) is 1. The predicted molar refractivity (Wildman–Crippen MR) is 57.3 cm³/mol. The normalized spacial score (nSPS) is 10.6. The summed E-state index contributed by atoms with van der Waals surface area (Å²) in [6, 6.07) is 0. The van der Waals surface area contributed by atoms with E-state index in [1.165, 1.54) is 0 Å². The Morgan fingerprint density at radius 2 is 2.31 bits per heavy atom. The number of aromatic nitrogens is 1. The Labute approximate surface area is 98.9 Å². The van der Waals surface area contributed by atoms with Crippen molar-refractivity contribution in [3.8, 4) is 0 Å². The average Bonchev–Trinajstić information content (AvgIpc) is 2.21. The second-order valence-electron chi connectivity index (χ2n) is 2.81. The number of halogens is 3. The fourth-order valence-corrected chi connectivity index (χ4v) is 1.55. The smallest absolute Gasteiger partial charge is 0.341 e. The molecule has 7 heteroatoms. The predicted octanol–water partition coefficient (Wildman–Crippen LogP) is 2.54. The fourth-order valence-electron chi connectivity index (χ4n) is 1.08. The molecule has 0 unspecified atom stereocenters. The van der Waals surface area contributed by atoms with Crippen molar-refractivity contribution in [3.63, 3.8) is 0 Å². The Morgan fingerprint density at radius 1 is 1.69 bits per heavy atom. The lowest BCUT2D eigenvalue weighted by Crippen LogP contribution is -2.12. The molecular formula is C9H9BrF2N2O2. The molecule has 0 radical (unpaired) electrons.